The Kier molecular flexibility index (Phi) is 4.48. The summed E-state index contributed by atoms with van der Waals surface area (Å²) in [5.41, 5.74) is 1.24. The first-order valence-corrected chi connectivity index (χ1v) is 6.69. The zero-order valence-electron chi connectivity index (χ0n) is 11.5. The number of nitrogens with one attached hydrogen (secondary N) is 1. The molecule has 100 valence electrons. The molecule has 18 heavy (non-hydrogen) atoms. The molecule has 0 aliphatic heterocycles. The van der Waals surface area contributed by atoms with E-state index in [0.717, 1.165) is 17.4 Å². The van der Waals surface area contributed by atoms with Gasteiger partial charge in [0.2, 0.25) is 0 Å². The quantitative estimate of drug-likeness (QED) is 0.869. The molecule has 0 radical (unpaired) electrons. The SMILES string of the molecule is CNC(c1ccc(OC)cc1OC)C1CCCC1. The van der Waals surface area contributed by atoms with Gasteiger partial charge in [0.25, 0.3) is 0 Å². The van der Waals surface area contributed by atoms with Crippen molar-refractivity contribution in [2.45, 2.75) is 31.7 Å². The van der Waals surface area contributed by atoms with Crippen molar-refractivity contribution >= 4 is 0 Å². The van der Waals surface area contributed by atoms with Crippen LogP contribution in [0, 0.1) is 5.92 Å². The molecule has 1 saturated carbocycles. The molecule has 0 heterocycles. The van der Waals surface area contributed by atoms with Crippen molar-refractivity contribution in [3.8, 4) is 11.5 Å². The van der Waals surface area contributed by atoms with Gasteiger partial charge in [0, 0.05) is 17.7 Å². The molecule has 1 atom stereocenters. The minimum atomic E-state index is 0.383. The molecule has 1 unspecified atom stereocenters. The summed E-state index contributed by atoms with van der Waals surface area (Å²) in [6.45, 7) is 0. The van der Waals surface area contributed by atoms with E-state index in [4.69, 9.17) is 9.47 Å². The van der Waals surface area contributed by atoms with Crippen LogP contribution < -0.4 is 14.8 Å². The van der Waals surface area contributed by atoms with Crippen molar-refractivity contribution in [2.75, 3.05) is 21.3 Å². The maximum Gasteiger partial charge on any atom is 0.127 e. The lowest BCUT2D eigenvalue weighted by Gasteiger charge is -2.25. The smallest absolute Gasteiger partial charge is 0.127 e. The highest BCUT2D eigenvalue weighted by molar-refractivity contribution is 5.42. The van der Waals surface area contributed by atoms with Crippen molar-refractivity contribution in [3.63, 3.8) is 0 Å². The highest BCUT2D eigenvalue weighted by Gasteiger charge is 2.27. The maximum atomic E-state index is 5.51. The Hall–Kier alpha value is -1.22. The number of methoxy groups -OCH3 is 2. The second kappa shape index (κ2) is 6.10. The lowest BCUT2D eigenvalue weighted by Crippen LogP contribution is -2.24. The summed E-state index contributed by atoms with van der Waals surface area (Å²) in [5.74, 6) is 2.48. The largest absolute Gasteiger partial charge is 0.497 e. The van der Waals surface area contributed by atoms with Crippen LogP contribution in [0.3, 0.4) is 0 Å². The first-order valence-electron chi connectivity index (χ1n) is 6.69. The number of benzene rings is 1. The summed E-state index contributed by atoms with van der Waals surface area (Å²) in [7, 11) is 5.44. The Morgan fingerprint density at radius 3 is 2.44 bits per heavy atom. The zero-order chi connectivity index (χ0) is 13.0. The van der Waals surface area contributed by atoms with Gasteiger partial charge in [-0.2, -0.15) is 0 Å². The Bertz CT molecular complexity index is 386. The molecule has 1 aliphatic rings. The average molecular weight is 249 g/mol. The third-order valence-electron chi connectivity index (χ3n) is 3.96. The Morgan fingerprint density at radius 1 is 1.17 bits per heavy atom. The molecule has 0 amide bonds. The van der Waals surface area contributed by atoms with Crippen LogP contribution in [-0.2, 0) is 0 Å². The molecule has 3 heteroatoms. The van der Waals surface area contributed by atoms with Gasteiger partial charge in [0.05, 0.1) is 14.2 Å². The van der Waals surface area contributed by atoms with Gasteiger partial charge in [-0.1, -0.05) is 18.9 Å². The van der Waals surface area contributed by atoms with Crippen molar-refractivity contribution in [3.05, 3.63) is 23.8 Å². The van der Waals surface area contributed by atoms with E-state index in [0.29, 0.717) is 6.04 Å². The standard InChI is InChI=1S/C15H23NO2/c1-16-15(11-6-4-5-7-11)13-9-8-12(17-2)10-14(13)18-3/h8-11,15-16H,4-7H2,1-3H3. The normalized spacial score (nSPS) is 17.7. The molecule has 1 fully saturated rings. The van der Waals surface area contributed by atoms with Crippen molar-refractivity contribution < 1.29 is 9.47 Å². The third-order valence-corrected chi connectivity index (χ3v) is 3.96. The first kappa shape index (κ1) is 13.2. The van der Waals surface area contributed by atoms with Crippen molar-refractivity contribution in [2.24, 2.45) is 5.92 Å². The van der Waals surface area contributed by atoms with E-state index in [1.165, 1.54) is 31.2 Å². The topological polar surface area (TPSA) is 30.5 Å². The molecule has 1 aromatic rings. The van der Waals surface area contributed by atoms with Crippen molar-refractivity contribution in [1.82, 2.24) is 5.32 Å². The van der Waals surface area contributed by atoms with Gasteiger partial charge in [-0.05, 0) is 31.9 Å². The molecule has 0 spiro atoms. The third kappa shape index (κ3) is 2.61. The molecular weight excluding hydrogens is 226 g/mol. The first-order chi connectivity index (χ1) is 8.80. The molecular formula is C15H23NO2. The predicted octanol–water partition coefficient (Wildman–Crippen LogP) is 3.15. The zero-order valence-corrected chi connectivity index (χ0v) is 11.5. The molecule has 1 aromatic carbocycles. The maximum absolute atomic E-state index is 5.51. The fraction of sp³-hybridized carbons (Fsp3) is 0.600. The van der Waals surface area contributed by atoms with E-state index in [9.17, 15) is 0 Å². The highest BCUT2D eigenvalue weighted by atomic mass is 16.5. The summed E-state index contributed by atoms with van der Waals surface area (Å²) >= 11 is 0. The minimum Gasteiger partial charge on any atom is -0.497 e. The Labute approximate surface area is 109 Å². The monoisotopic (exact) mass is 249 g/mol. The fourth-order valence-electron chi connectivity index (χ4n) is 3.01. The van der Waals surface area contributed by atoms with Gasteiger partial charge in [-0.15, -0.1) is 0 Å². The van der Waals surface area contributed by atoms with Gasteiger partial charge in [0.15, 0.2) is 0 Å². The fourth-order valence-corrected chi connectivity index (χ4v) is 3.01. The summed E-state index contributed by atoms with van der Waals surface area (Å²) in [5, 5.41) is 3.45. The van der Waals surface area contributed by atoms with Crippen LogP contribution in [0.5, 0.6) is 11.5 Å². The van der Waals surface area contributed by atoms with E-state index in [1.807, 2.05) is 19.2 Å². The number of hydrogen-bond donors (Lipinski definition) is 1. The molecule has 1 N–H and O–H groups in total. The van der Waals surface area contributed by atoms with Crippen LogP contribution in [0.2, 0.25) is 0 Å². The van der Waals surface area contributed by atoms with Crippen molar-refractivity contribution in [1.29, 1.82) is 0 Å². The molecule has 3 nitrogen and oxygen atoms in total. The van der Waals surface area contributed by atoms with Gasteiger partial charge in [-0.3, -0.25) is 0 Å². The second-order valence-corrected chi connectivity index (χ2v) is 4.92. The van der Waals surface area contributed by atoms with Gasteiger partial charge < -0.3 is 14.8 Å². The van der Waals surface area contributed by atoms with Crippen LogP contribution >= 0.6 is 0 Å². The second-order valence-electron chi connectivity index (χ2n) is 4.92. The van der Waals surface area contributed by atoms with Gasteiger partial charge in [0.1, 0.15) is 11.5 Å². The molecule has 0 aromatic heterocycles. The lowest BCUT2D eigenvalue weighted by atomic mass is 9.91. The summed E-state index contributed by atoms with van der Waals surface area (Å²) < 4.78 is 10.8. The van der Waals surface area contributed by atoms with E-state index >= 15 is 0 Å². The summed E-state index contributed by atoms with van der Waals surface area (Å²) in [6, 6.07) is 6.48. The van der Waals surface area contributed by atoms with Crippen LogP contribution in [0.15, 0.2) is 18.2 Å². The number of rotatable bonds is 5. The van der Waals surface area contributed by atoms with E-state index in [2.05, 4.69) is 11.4 Å². The number of hydrogen-bond acceptors (Lipinski definition) is 3. The average Bonchev–Trinajstić information content (AvgIpc) is 2.94. The van der Waals surface area contributed by atoms with Crippen LogP contribution in [-0.4, -0.2) is 21.3 Å². The lowest BCUT2D eigenvalue weighted by molar-refractivity contribution is 0.354. The minimum absolute atomic E-state index is 0.383. The van der Waals surface area contributed by atoms with Crippen LogP contribution in [0.1, 0.15) is 37.3 Å². The summed E-state index contributed by atoms with van der Waals surface area (Å²) in [4.78, 5) is 0. The predicted molar refractivity (Wildman–Crippen MR) is 73.3 cm³/mol. The Balaban J connectivity index is 2.28. The highest BCUT2D eigenvalue weighted by Crippen LogP contribution is 2.39. The molecule has 0 saturated heterocycles. The molecule has 1 aliphatic carbocycles. The van der Waals surface area contributed by atoms with Gasteiger partial charge >= 0.3 is 0 Å². The van der Waals surface area contributed by atoms with E-state index in [1.54, 1.807) is 14.2 Å². The summed E-state index contributed by atoms with van der Waals surface area (Å²) in [6.07, 6.45) is 5.31. The Morgan fingerprint density at radius 2 is 1.89 bits per heavy atom. The van der Waals surface area contributed by atoms with Gasteiger partial charge in [-0.25, -0.2) is 0 Å². The van der Waals surface area contributed by atoms with E-state index < -0.39 is 0 Å². The molecule has 2 rings (SSSR count). The van der Waals surface area contributed by atoms with Crippen LogP contribution in [0.25, 0.3) is 0 Å². The number of ether oxygens (including phenoxy) is 2. The van der Waals surface area contributed by atoms with Crippen LogP contribution in [0.4, 0.5) is 0 Å². The van der Waals surface area contributed by atoms with E-state index in [-0.39, 0.29) is 0 Å². The molecule has 0 bridgehead atoms.